The second-order valence-electron chi connectivity index (χ2n) is 10.2. The van der Waals surface area contributed by atoms with E-state index in [1.165, 1.54) is 0 Å². The lowest BCUT2D eigenvalue weighted by Crippen LogP contribution is -2.24. The van der Waals surface area contributed by atoms with Gasteiger partial charge in [-0.1, -0.05) is 0 Å². The minimum absolute atomic E-state index is 0.103. The summed E-state index contributed by atoms with van der Waals surface area (Å²) in [6.45, 7) is 11.2. The lowest BCUT2D eigenvalue weighted by atomic mass is 9.97. The fourth-order valence-electron chi connectivity index (χ4n) is 3.01. The SMILES string of the molecule is CC(C)(C)C(=O)OCCOc1ccc2oc3ccc(OCCOC(=O)C(C)(C)C)cc3c(=O)c2c1. The third-order valence-corrected chi connectivity index (χ3v) is 5.01. The average molecular weight is 485 g/mol. The normalized spacial score (nSPS) is 11.9. The molecule has 0 unspecified atom stereocenters. The molecule has 0 saturated carbocycles. The number of fused-ring (bicyclic) bond motifs is 2. The van der Waals surface area contributed by atoms with Gasteiger partial charge in [-0.2, -0.15) is 0 Å². The van der Waals surface area contributed by atoms with Gasteiger partial charge in [-0.25, -0.2) is 0 Å². The molecular formula is C27H32O8. The van der Waals surface area contributed by atoms with E-state index in [0.717, 1.165) is 0 Å². The molecule has 3 aromatic rings. The molecule has 0 aliphatic heterocycles. The first kappa shape index (κ1) is 26.1. The predicted octanol–water partition coefficient (Wildman–Crippen LogP) is 4.88. The maximum atomic E-state index is 13.1. The van der Waals surface area contributed by atoms with E-state index in [1.807, 2.05) is 0 Å². The Labute approximate surface area is 204 Å². The van der Waals surface area contributed by atoms with Gasteiger partial charge in [-0.05, 0) is 77.9 Å². The number of ether oxygens (including phenoxy) is 4. The van der Waals surface area contributed by atoms with Crippen LogP contribution in [-0.2, 0) is 19.1 Å². The van der Waals surface area contributed by atoms with Gasteiger partial charge in [0.1, 0.15) is 49.1 Å². The Hall–Kier alpha value is -3.55. The molecule has 0 N–H and O–H groups in total. The molecule has 35 heavy (non-hydrogen) atoms. The van der Waals surface area contributed by atoms with E-state index >= 15 is 0 Å². The highest BCUT2D eigenvalue weighted by Crippen LogP contribution is 2.25. The van der Waals surface area contributed by atoms with Crippen LogP contribution < -0.4 is 14.9 Å². The third kappa shape index (κ3) is 6.74. The smallest absolute Gasteiger partial charge is 0.311 e. The first-order valence-corrected chi connectivity index (χ1v) is 11.5. The van der Waals surface area contributed by atoms with Crippen LogP contribution in [0.5, 0.6) is 11.5 Å². The molecule has 0 fully saturated rings. The van der Waals surface area contributed by atoms with Crippen molar-refractivity contribution >= 4 is 33.9 Å². The van der Waals surface area contributed by atoms with Crippen LogP contribution in [0.2, 0.25) is 0 Å². The molecule has 3 rings (SSSR count). The Bertz CT molecular complexity index is 1180. The number of hydrogen-bond acceptors (Lipinski definition) is 8. The molecule has 0 aliphatic carbocycles. The van der Waals surface area contributed by atoms with E-state index in [9.17, 15) is 14.4 Å². The topological polar surface area (TPSA) is 101 Å². The molecule has 0 bridgehead atoms. The molecule has 1 heterocycles. The second kappa shape index (κ2) is 10.4. The minimum Gasteiger partial charge on any atom is -0.490 e. The van der Waals surface area contributed by atoms with Crippen molar-refractivity contribution in [3.63, 3.8) is 0 Å². The van der Waals surface area contributed by atoms with Crippen molar-refractivity contribution in [2.24, 2.45) is 10.8 Å². The van der Waals surface area contributed by atoms with Crippen molar-refractivity contribution in [1.29, 1.82) is 0 Å². The van der Waals surface area contributed by atoms with Crippen molar-refractivity contribution < 1.29 is 33.0 Å². The molecule has 2 aromatic carbocycles. The monoisotopic (exact) mass is 484 g/mol. The fraction of sp³-hybridized carbons (Fsp3) is 0.444. The van der Waals surface area contributed by atoms with Crippen LogP contribution in [0.4, 0.5) is 0 Å². The summed E-state index contributed by atoms with van der Waals surface area (Å²) >= 11 is 0. The minimum atomic E-state index is -0.581. The van der Waals surface area contributed by atoms with E-state index in [-0.39, 0.29) is 43.8 Å². The highest BCUT2D eigenvalue weighted by molar-refractivity contribution is 5.91. The number of carbonyl (C=O) groups excluding carboxylic acids is 2. The lowest BCUT2D eigenvalue weighted by Gasteiger charge is -2.16. The summed E-state index contributed by atoms with van der Waals surface area (Å²) in [6.07, 6.45) is 0. The lowest BCUT2D eigenvalue weighted by molar-refractivity contribution is -0.154. The maximum absolute atomic E-state index is 13.1. The first-order valence-electron chi connectivity index (χ1n) is 11.5. The number of esters is 2. The molecule has 0 aliphatic rings. The zero-order chi connectivity index (χ0) is 25.8. The molecule has 0 spiro atoms. The predicted molar refractivity (Wildman–Crippen MR) is 132 cm³/mol. The van der Waals surface area contributed by atoms with Gasteiger partial charge < -0.3 is 23.4 Å². The second-order valence-corrected chi connectivity index (χ2v) is 10.2. The van der Waals surface area contributed by atoms with Gasteiger partial charge in [0.15, 0.2) is 0 Å². The van der Waals surface area contributed by atoms with Gasteiger partial charge in [-0.3, -0.25) is 14.4 Å². The summed E-state index contributed by atoms with van der Waals surface area (Å²) in [5.41, 5.74) is -0.533. The van der Waals surface area contributed by atoms with E-state index < -0.39 is 10.8 Å². The summed E-state index contributed by atoms with van der Waals surface area (Å²) in [5.74, 6) is 0.308. The fourth-order valence-corrected chi connectivity index (χ4v) is 3.01. The first-order chi connectivity index (χ1) is 16.4. The zero-order valence-corrected chi connectivity index (χ0v) is 21.1. The summed E-state index contributed by atoms with van der Waals surface area (Å²) in [7, 11) is 0. The Kier molecular flexibility index (Phi) is 7.73. The average Bonchev–Trinajstić information content (AvgIpc) is 2.78. The van der Waals surface area contributed by atoms with Crippen LogP contribution >= 0.6 is 0 Å². The number of carbonyl (C=O) groups is 2. The summed E-state index contributed by atoms with van der Waals surface area (Å²) < 4.78 is 27.6. The van der Waals surface area contributed by atoms with Crippen LogP contribution in [0, 0.1) is 10.8 Å². The van der Waals surface area contributed by atoms with Gasteiger partial charge in [0.25, 0.3) is 0 Å². The Morgan fingerprint density at radius 2 is 1.09 bits per heavy atom. The van der Waals surface area contributed by atoms with Crippen LogP contribution in [0.3, 0.4) is 0 Å². The molecule has 1 aromatic heterocycles. The molecule has 0 saturated heterocycles. The Balaban J connectivity index is 1.68. The number of benzene rings is 2. The van der Waals surface area contributed by atoms with Crippen LogP contribution in [-0.4, -0.2) is 38.4 Å². The van der Waals surface area contributed by atoms with Crippen LogP contribution in [0.25, 0.3) is 21.9 Å². The Morgan fingerprint density at radius 3 is 1.46 bits per heavy atom. The summed E-state index contributed by atoms with van der Waals surface area (Å²) in [6, 6.07) is 9.93. The molecule has 188 valence electrons. The van der Waals surface area contributed by atoms with Gasteiger partial charge in [0.2, 0.25) is 5.43 Å². The largest absolute Gasteiger partial charge is 0.490 e. The van der Waals surface area contributed by atoms with Crippen molar-refractivity contribution in [1.82, 2.24) is 0 Å². The standard InChI is InChI=1S/C27H32O8/c1-26(2,3)24(29)33-13-11-31-17-7-9-21-19(15-17)23(28)20-16-18(8-10-22(20)35-21)32-12-14-34-25(30)27(4,5)6/h7-10,15-16H,11-14H2,1-6H3. The van der Waals surface area contributed by atoms with Crippen molar-refractivity contribution in [2.75, 3.05) is 26.4 Å². The number of hydrogen-bond donors (Lipinski definition) is 0. The van der Waals surface area contributed by atoms with Gasteiger partial charge in [0, 0.05) is 0 Å². The van der Waals surface area contributed by atoms with Gasteiger partial charge in [-0.15, -0.1) is 0 Å². The Morgan fingerprint density at radius 1 is 0.686 bits per heavy atom. The highest BCUT2D eigenvalue weighted by Gasteiger charge is 2.23. The van der Waals surface area contributed by atoms with E-state index in [0.29, 0.717) is 33.4 Å². The zero-order valence-electron chi connectivity index (χ0n) is 21.1. The van der Waals surface area contributed by atoms with Crippen LogP contribution in [0.1, 0.15) is 41.5 Å². The quantitative estimate of drug-likeness (QED) is 0.253. The summed E-state index contributed by atoms with van der Waals surface area (Å²) in [5, 5.41) is 0.718. The van der Waals surface area contributed by atoms with Crippen molar-refractivity contribution in [2.45, 2.75) is 41.5 Å². The molecule has 0 atom stereocenters. The molecular weight excluding hydrogens is 452 g/mol. The van der Waals surface area contributed by atoms with Crippen molar-refractivity contribution in [3.05, 3.63) is 46.6 Å². The van der Waals surface area contributed by atoms with E-state index in [1.54, 1.807) is 77.9 Å². The number of rotatable bonds is 8. The molecule has 8 heteroatoms. The van der Waals surface area contributed by atoms with Gasteiger partial charge >= 0.3 is 11.9 Å². The van der Waals surface area contributed by atoms with Crippen LogP contribution in [0.15, 0.2) is 45.6 Å². The van der Waals surface area contributed by atoms with E-state index in [4.69, 9.17) is 23.4 Å². The molecule has 8 nitrogen and oxygen atoms in total. The molecule has 0 amide bonds. The summed E-state index contributed by atoms with van der Waals surface area (Å²) in [4.78, 5) is 36.8. The molecule has 0 radical (unpaired) electrons. The van der Waals surface area contributed by atoms with Gasteiger partial charge in [0.05, 0.1) is 21.6 Å². The van der Waals surface area contributed by atoms with E-state index in [2.05, 4.69) is 0 Å². The van der Waals surface area contributed by atoms with Crippen molar-refractivity contribution in [3.8, 4) is 11.5 Å². The maximum Gasteiger partial charge on any atom is 0.311 e. The third-order valence-electron chi connectivity index (χ3n) is 5.01. The highest BCUT2D eigenvalue weighted by atomic mass is 16.6.